The smallest absolute Gasteiger partial charge is 0.305 e. The molecule has 0 bridgehead atoms. The summed E-state index contributed by atoms with van der Waals surface area (Å²) in [5.41, 5.74) is 1.12. The molecule has 0 aromatic carbocycles. The maximum absolute atomic E-state index is 11.8. The second-order valence-electron chi connectivity index (χ2n) is 5.64. The maximum atomic E-state index is 11.8. The second kappa shape index (κ2) is 7.39. The van der Waals surface area contributed by atoms with Crippen molar-refractivity contribution in [3.05, 3.63) is 24.3 Å². The van der Waals surface area contributed by atoms with Crippen LogP contribution in [0.1, 0.15) is 40.5 Å². The largest absolute Gasteiger partial charge is 0.432 e. The summed E-state index contributed by atoms with van der Waals surface area (Å²) in [6.07, 6.45) is 3.06. The standard InChI is InChI=1S/C16H24O4/c1-10(2)13(11(3)4)6-8-15-14(18)7-9-16(20-15)19-12(5)17/h7,9,11,13,15-16H,1,6,8H2,2-5H3. The van der Waals surface area contributed by atoms with Crippen LogP contribution in [0.25, 0.3) is 0 Å². The molecule has 4 nitrogen and oxygen atoms in total. The van der Waals surface area contributed by atoms with Crippen LogP contribution >= 0.6 is 0 Å². The molecule has 0 aromatic heterocycles. The zero-order chi connectivity index (χ0) is 15.3. The number of carbonyl (C=O) groups is 2. The van der Waals surface area contributed by atoms with Crippen LogP contribution in [0, 0.1) is 11.8 Å². The van der Waals surface area contributed by atoms with Crippen molar-refractivity contribution in [2.45, 2.75) is 52.9 Å². The van der Waals surface area contributed by atoms with Crippen LogP contribution < -0.4 is 0 Å². The fourth-order valence-corrected chi connectivity index (χ4v) is 2.48. The molecule has 0 fully saturated rings. The minimum absolute atomic E-state index is 0.0716. The highest BCUT2D eigenvalue weighted by atomic mass is 16.7. The summed E-state index contributed by atoms with van der Waals surface area (Å²) in [6, 6.07) is 0. The number of allylic oxidation sites excluding steroid dienone is 1. The first kappa shape index (κ1) is 16.6. The molecule has 0 radical (unpaired) electrons. The van der Waals surface area contributed by atoms with Gasteiger partial charge in [0.25, 0.3) is 0 Å². The van der Waals surface area contributed by atoms with E-state index in [1.807, 2.05) is 6.92 Å². The van der Waals surface area contributed by atoms with Gasteiger partial charge in [-0.15, -0.1) is 0 Å². The zero-order valence-electron chi connectivity index (χ0n) is 12.7. The average Bonchev–Trinajstić information content (AvgIpc) is 2.31. The predicted octanol–water partition coefficient (Wildman–Crippen LogP) is 3.03. The van der Waals surface area contributed by atoms with Gasteiger partial charge in [-0.1, -0.05) is 26.0 Å². The lowest BCUT2D eigenvalue weighted by Gasteiger charge is -2.27. The minimum atomic E-state index is -0.752. The number of carbonyl (C=O) groups excluding carboxylic acids is 2. The van der Waals surface area contributed by atoms with E-state index in [9.17, 15) is 9.59 Å². The van der Waals surface area contributed by atoms with Crippen LogP contribution in [0.2, 0.25) is 0 Å². The van der Waals surface area contributed by atoms with Crippen molar-refractivity contribution in [3.63, 3.8) is 0 Å². The van der Waals surface area contributed by atoms with E-state index in [0.717, 1.165) is 12.0 Å². The molecule has 0 saturated heterocycles. The summed E-state index contributed by atoms with van der Waals surface area (Å²) in [4.78, 5) is 22.7. The summed E-state index contributed by atoms with van der Waals surface area (Å²) in [5.74, 6) is 0.350. The van der Waals surface area contributed by atoms with E-state index in [-0.39, 0.29) is 5.78 Å². The first-order valence-electron chi connectivity index (χ1n) is 7.01. The zero-order valence-corrected chi connectivity index (χ0v) is 12.7. The molecule has 1 rings (SSSR count). The molecule has 0 aliphatic carbocycles. The number of ketones is 1. The van der Waals surface area contributed by atoms with E-state index in [0.29, 0.717) is 18.3 Å². The molecular weight excluding hydrogens is 256 g/mol. The molecule has 1 heterocycles. The normalized spacial score (nSPS) is 23.8. The third-order valence-electron chi connectivity index (χ3n) is 3.49. The van der Waals surface area contributed by atoms with E-state index >= 15 is 0 Å². The van der Waals surface area contributed by atoms with Crippen LogP contribution in [-0.4, -0.2) is 24.1 Å². The summed E-state index contributed by atoms with van der Waals surface area (Å²) >= 11 is 0. The Bertz CT molecular complexity index is 409. The number of esters is 1. The second-order valence-corrected chi connectivity index (χ2v) is 5.64. The molecule has 0 N–H and O–H groups in total. The first-order chi connectivity index (χ1) is 9.31. The van der Waals surface area contributed by atoms with Gasteiger partial charge in [0.05, 0.1) is 0 Å². The van der Waals surface area contributed by atoms with Gasteiger partial charge in [-0.05, 0) is 43.8 Å². The van der Waals surface area contributed by atoms with Crippen LogP contribution in [0.5, 0.6) is 0 Å². The third-order valence-corrected chi connectivity index (χ3v) is 3.49. The van der Waals surface area contributed by atoms with Crippen LogP contribution in [0.15, 0.2) is 24.3 Å². The van der Waals surface area contributed by atoms with E-state index < -0.39 is 18.4 Å². The van der Waals surface area contributed by atoms with Crippen molar-refractivity contribution >= 4 is 11.8 Å². The molecule has 4 heteroatoms. The Morgan fingerprint density at radius 1 is 1.45 bits per heavy atom. The Morgan fingerprint density at radius 2 is 2.10 bits per heavy atom. The van der Waals surface area contributed by atoms with Gasteiger partial charge in [-0.25, -0.2) is 0 Å². The molecule has 20 heavy (non-hydrogen) atoms. The lowest BCUT2D eigenvalue weighted by molar-refractivity contribution is -0.180. The van der Waals surface area contributed by atoms with Crippen molar-refractivity contribution < 1.29 is 19.1 Å². The van der Waals surface area contributed by atoms with Crippen molar-refractivity contribution in [3.8, 4) is 0 Å². The highest BCUT2D eigenvalue weighted by Crippen LogP contribution is 2.26. The molecule has 112 valence electrons. The number of rotatable bonds is 6. The van der Waals surface area contributed by atoms with Crippen LogP contribution in [0.3, 0.4) is 0 Å². The van der Waals surface area contributed by atoms with Gasteiger partial charge in [0, 0.05) is 6.92 Å². The van der Waals surface area contributed by atoms with Gasteiger partial charge < -0.3 is 9.47 Å². The van der Waals surface area contributed by atoms with Gasteiger partial charge in [0.15, 0.2) is 5.78 Å². The molecule has 0 spiro atoms. The van der Waals surface area contributed by atoms with Crippen molar-refractivity contribution in [2.75, 3.05) is 0 Å². The number of hydrogen-bond acceptors (Lipinski definition) is 4. The minimum Gasteiger partial charge on any atom is -0.432 e. The monoisotopic (exact) mass is 280 g/mol. The average molecular weight is 280 g/mol. The van der Waals surface area contributed by atoms with Crippen molar-refractivity contribution in [1.29, 1.82) is 0 Å². The topological polar surface area (TPSA) is 52.6 Å². The molecule has 0 aromatic rings. The summed E-state index contributed by atoms with van der Waals surface area (Å²) < 4.78 is 10.5. The van der Waals surface area contributed by atoms with Gasteiger partial charge in [0.2, 0.25) is 6.29 Å². The molecule has 1 aliphatic rings. The maximum Gasteiger partial charge on any atom is 0.305 e. The highest BCUT2D eigenvalue weighted by Gasteiger charge is 2.28. The summed E-state index contributed by atoms with van der Waals surface area (Å²) in [6.45, 7) is 11.6. The third kappa shape index (κ3) is 4.93. The lowest BCUT2D eigenvalue weighted by atomic mass is 9.84. The van der Waals surface area contributed by atoms with E-state index in [2.05, 4.69) is 20.4 Å². The number of ether oxygens (including phenoxy) is 2. The van der Waals surface area contributed by atoms with Gasteiger partial charge >= 0.3 is 5.97 Å². The van der Waals surface area contributed by atoms with Crippen LogP contribution in [-0.2, 0) is 19.1 Å². The molecule has 0 saturated carbocycles. The fourth-order valence-electron chi connectivity index (χ4n) is 2.48. The Morgan fingerprint density at radius 3 is 2.60 bits per heavy atom. The van der Waals surface area contributed by atoms with Crippen molar-refractivity contribution in [1.82, 2.24) is 0 Å². The molecule has 1 aliphatic heterocycles. The van der Waals surface area contributed by atoms with Gasteiger partial charge in [0.1, 0.15) is 6.10 Å². The molecule has 0 amide bonds. The Hall–Kier alpha value is -1.42. The molecular formula is C16H24O4. The van der Waals surface area contributed by atoms with E-state index in [1.54, 1.807) is 0 Å². The first-order valence-corrected chi connectivity index (χ1v) is 7.01. The summed E-state index contributed by atoms with van der Waals surface area (Å²) in [5, 5.41) is 0. The Labute approximate surface area is 120 Å². The van der Waals surface area contributed by atoms with E-state index in [1.165, 1.54) is 19.1 Å². The lowest BCUT2D eigenvalue weighted by Crippen LogP contribution is -2.34. The Balaban J connectivity index is 2.58. The van der Waals surface area contributed by atoms with Crippen LogP contribution in [0.4, 0.5) is 0 Å². The molecule has 3 unspecified atom stereocenters. The summed E-state index contributed by atoms with van der Waals surface area (Å²) in [7, 11) is 0. The van der Waals surface area contributed by atoms with Gasteiger partial charge in [-0.2, -0.15) is 0 Å². The van der Waals surface area contributed by atoms with Crippen molar-refractivity contribution in [2.24, 2.45) is 11.8 Å². The fraction of sp³-hybridized carbons (Fsp3) is 0.625. The van der Waals surface area contributed by atoms with E-state index in [4.69, 9.17) is 9.47 Å². The molecule has 3 atom stereocenters. The predicted molar refractivity (Wildman–Crippen MR) is 77.0 cm³/mol. The van der Waals surface area contributed by atoms with Gasteiger partial charge in [-0.3, -0.25) is 9.59 Å². The Kier molecular flexibility index (Phi) is 6.14. The highest BCUT2D eigenvalue weighted by molar-refractivity contribution is 5.94. The number of hydrogen-bond donors (Lipinski definition) is 0. The SMILES string of the molecule is C=C(C)C(CCC1OC(OC(C)=O)C=CC1=O)C(C)C. The quantitative estimate of drug-likeness (QED) is 0.554.